The summed E-state index contributed by atoms with van der Waals surface area (Å²) < 4.78 is 5.08. The number of nitrogens with zero attached hydrogens (tertiary/aromatic N) is 1. The third kappa shape index (κ3) is 2.39. The third-order valence-electron chi connectivity index (χ3n) is 2.72. The molecule has 1 N–H and O–H groups in total. The van der Waals surface area contributed by atoms with Gasteiger partial charge in [0.2, 0.25) is 0 Å². The Labute approximate surface area is 106 Å². The smallest absolute Gasteiger partial charge is 0.251 e. The zero-order chi connectivity index (χ0) is 12.4. The van der Waals surface area contributed by atoms with E-state index in [2.05, 4.69) is 5.32 Å². The van der Waals surface area contributed by atoms with E-state index >= 15 is 0 Å². The van der Waals surface area contributed by atoms with Gasteiger partial charge in [-0.3, -0.25) is 9.69 Å². The lowest BCUT2D eigenvalue weighted by Crippen LogP contribution is -2.30. The molecular formula is C12H14N2O2S. The molecular weight excluding hydrogens is 236 g/mol. The number of carbonyl (C=O) groups excluding carboxylic acids is 1. The highest BCUT2D eigenvalue weighted by atomic mass is 32.1. The summed E-state index contributed by atoms with van der Waals surface area (Å²) in [6.07, 6.45) is 0. The number of rotatable bonds is 3. The minimum absolute atomic E-state index is 0.0193. The standard InChI is InChI=1S/C12H14N2O2S/c1-8-11(15)14(12(17)13-8)7-9-3-5-10(16-2)6-4-9/h3-6,8H,7H2,1-2H3,(H,13,17)/t8-/m0/s1. The summed E-state index contributed by atoms with van der Waals surface area (Å²) in [5.74, 6) is 0.821. The lowest BCUT2D eigenvalue weighted by Gasteiger charge is -2.14. The largest absolute Gasteiger partial charge is 0.497 e. The van der Waals surface area contributed by atoms with Crippen LogP contribution in [0.4, 0.5) is 0 Å². The van der Waals surface area contributed by atoms with E-state index in [0.29, 0.717) is 11.7 Å². The maximum atomic E-state index is 11.8. The van der Waals surface area contributed by atoms with Crippen LogP contribution in [0.2, 0.25) is 0 Å². The van der Waals surface area contributed by atoms with Gasteiger partial charge in [-0.25, -0.2) is 0 Å². The fourth-order valence-corrected chi connectivity index (χ4v) is 2.05. The van der Waals surface area contributed by atoms with Gasteiger partial charge in [0.1, 0.15) is 11.8 Å². The molecule has 5 heteroatoms. The van der Waals surface area contributed by atoms with Crippen molar-refractivity contribution in [2.45, 2.75) is 19.5 Å². The van der Waals surface area contributed by atoms with Gasteiger partial charge >= 0.3 is 0 Å². The molecule has 1 aromatic rings. The van der Waals surface area contributed by atoms with Gasteiger partial charge in [-0.1, -0.05) is 12.1 Å². The first-order valence-electron chi connectivity index (χ1n) is 5.36. The molecule has 4 nitrogen and oxygen atoms in total. The van der Waals surface area contributed by atoms with Crippen LogP contribution in [0.1, 0.15) is 12.5 Å². The van der Waals surface area contributed by atoms with Crippen LogP contribution in [0.5, 0.6) is 5.75 Å². The average Bonchev–Trinajstić information content (AvgIpc) is 2.57. The molecule has 1 atom stereocenters. The van der Waals surface area contributed by atoms with E-state index in [1.54, 1.807) is 12.0 Å². The number of thiocarbonyl (C=S) groups is 1. The van der Waals surface area contributed by atoms with Gasteiger partial charge < -0.3 is 10.1 Å². The van der Waals surface area contributed by atoms with Gasteiger partial charge in [-0.15, -0.1) is 0 Å². The van der Waals surface area contributed by atoms with E-state index in [9.17, 15) is 4.79 Å². The predicted molar refractivity (Wildman–Crippen MR) is 68.7 cm³/mol. The lowest BCUT2D eigenvalue weighted by molar-refractivity contribution is -0.127. The van der Waals surface area contributed by atoms with Gasteiger partial charge in [0.05, 0.1) is 13.7 Å². The molecule has 0 spiro atoms. The number of benzene rings is 1. The maximum absolute atomic E-state index is 11.8. The second kappa shape index (κ2) is 4.71. The summed E-state index contributed by atoms with van der Waals surface area (Å²) in [5.41, 5.74) is 1.03. The maximum Gasteiger partial charge on any atom is 0.251 e. The first kappa shape index (κ1) is 11.9. The second-order valence-corrected chi connectivity index (χ2v) is 4.33. The summed E-state index contributed by atoms with van der Waals surface area (Å²) in [7, 11) is 1.62. The van der Waals surface area contributed by atoms with Crippen molar-refractivity contribution in [2.24, 2.45) is 0 Å². The molecule has 0 aromatic heterocycles. The number of hydrogen-bond donors (Lipinski definition) is 1. The minimum Gasteiger partial charge on any atom is -0.497 e. The van der Waals surface area contributed by atoms with Crippen molar-refractivity contribution in [3.63, 3.8) is 0 Å². The summed E-state index contributed by atoms with van der Waals surface area (Å²) in [4.78, 5) is 13.4. The Hall–Kier alpha value is -1.62. The van der Waals surface area contributed by atoms with Gasteiger partial charge in [-0.05, 0) is 36.8 Å². The van der Waals surface area contributed by atoms with Crippen molar-refractivity contribution >= 4 is 23.2 Å². The van der Waals surface area contributed by atoms with Crippen molar-refractivity contribution in [3.8, 4) is 5.75 Å². The van der Waals surface area contributed by atoms with Gasteiger partial charge in [-0.2, -0.15) is 0 Å². The molecule has 1 aliphatic rings. The van der Waals surface area contributed by atoms with E-state index in [0.717, 1.165) is 11.3 Å². The Balaban J connectivity index is 2.10. The number of amides is 1. The van der Waals surface area contributed by atoms with Crippen LogP contribution in [-0.2, 0) is 11.3 Å². The van der Waals surface area contributed by atoms with Gasteiger partial charge in [0, 0.05) is 0 Å². The highest BCUT2D eigenvalue weighted by Gasteiger charge is 2.31. The van der Waals surface area contributed by atoms with Crippen LogP contribution in [0, 0.1) is 0 Å². The number of nitrogens with one attached hydrogen (secondary N) is 1. The monoisotopic (exact) mass is 250 g/mol. The Kier molecular flexibility index (Phi) is 3.28. The average molecular weight is 250 g/mol. The van der Waals surface area contributed by atoms with Crippen LogP contribution in [0.25, 0.3) is 0 Å². The fraction of sp³-hybridized carbons (Fsp3) is 0.333. The molecule has 1 aliphatic heterocycles. The van der Waals surface area contributed by atoms with E-state index in [1.165, 1.54) is 0 Å². The zero-order valence-corrected chi connectivity index (χ0v) is 10.6. The molecule has 1 amide bonds. The quantitative estimate of drug-likeness (QED) is 0.821. The molecule has 0 unspecified atom stereocenters. The van der Waals surface area contributed by atoms with Crippen molar-refractivity contribution < 1.29 is 9.53 Å². The van der Waals surface area contributed by atoms with E-state index in [4.69, 9.17) is 17.0 Å². The van der Waals surface area contributed by atoms with Crippen LogP contribution in [-0.4, -0.2) is 29.1 Å². The molecule has 1 fully saturated rings. The topological polar surface area (TPSA) is 41.6 Å². The molecule has 17 heavy (non-hydrogen) atoms. The number of ether oxygens (including phenoxy) is 1. The molecule has 2 rings (SSSR count). The Morgan fingerprint density at radius 1 is 1.41 bits per heavy atom. The minimum atomic E-state index is -0.222. The van der Waals surface area contributed by atoms with Gasteiger partial charge in [0.15, 0.2) is 5.11 Å². The normalized spacial score (nSPS) is 19.4. The SMILES string of the molecule is COc1ccc(CN2C(=O)[C@H](C)NC2=S)cc1. The fourth-order valence-electron chi connectivity index (χ4n) is 1.72. The Bertz CT molecular complexity index is 444. The zero-order valence-electron chi connectivity index (χ0n) is 9.77. The Morgan fingerprint density at radius 3 is 2.53 bits per heavy atom. The van der Waals surface area contributed by atoms with Crippen LogP contribution >= 0.6 is 12.2 Å². The highest BCUT2D eigenvalue weighted by Crippen LogP contribution is 2.15. The predicted octanol–water partition coefficient (Wildman–Crippen LogP) is 1.30. The molecule has 0 saturated carbocycles. The third-order valence-corrected chi connectivity index (χ3v) is 3.06. The summed E-state index contributed by atoms with van der Waals surface area (Å²) >= 11 is 5.11. The van der Waals surface area contributed by atoms with E-state index in [-0.39, 0.29) is 11.9 Å². The summed E-state index contributed by atoms with van der Waals surface area (Å²) in [6, 6.07) is 7.38. The second-order valence-electron chi connectivity index (χ2n) is 3.94. The first-order valence-corrected chi connectivity index (χ1v) is 5.77. The molecule has 0 bridgehead atoms. The van der Waals surface area contributed by atoms with Crippen LogP contribution < -0.4 is 10.1 Å². The van der Waals surface area contributed by atoms with Crippen molar-refractivity contribution in [1.29, 1.82) is 0 Å². The van der Waals surface area contributed by atoms with Crippen molar-refractivity contribution in [2.75, 3.05) is 7.11 Å². The molecule has 1 heterocycles. The molecule has 90 valence electrons. The van der Waals surface area contributed by atoms with E-state index in [1.807, 2.05) is 31.2 Å². The molecule has 0 radical (unpaired) electrons. The number of methoxy groups -OCH3 is 1. The summed E-state index contributed by atoms with van der Waals surface area (Å²) in [6.45, 7) is 2.31. The van der Waals surface area contributed by atoms with E-state index < -0.39 is 0 Å². The lowest BCUT2D eigenvalue weighted by atomic mass is 10.2. The first-order chi connectivity index (χ1) is 8.11. The number of hydrogen-bond acceptors (Lipinski definition) is 3. The molecule has 0 aliphatic carbocycles. The number of carbonyl (C=O) groups is 1. The van der Waals surface area contributed by atoms with Crippen molar-refractivity contribution in [3.05, 3.63) is 29.8 Å². The van der Waals surface area contributed by atoms with Crippen molar-refractivity contribution in [1.82, 2.24) is 10.2 Å². The summed E-state index contributed by atoms with van der Waals surface area (Å²) in [5, 5.41) is 3.44. The van der Waals surface area contributed by atoms with Crippen LogP contribution in [0.15, 0.2) is 24.3 Å². The van der Waals surface area contributed by atoms with Gasteiger partial charge in [0.25, 0.3) is 5.91 Å². The van der Waals surface area contributed by atoms with Crippen LogP contribution in [0.3, 0.4) is 0 Å². The molecule has 1 aromatic carbocycles. The Morgan fingerprint density at radius 2 is 2.06 bits per heavy atom. The highest BCUT2D eigenvalue weighted by molar-refractivity contribution is 7.80. The molecule has 1 saturated heterocycles.